The second kappa shape index (κ2) is 4.00. The second-order valence-corrected chi connectivity index (χ2v) is 3.33. The number of hydrogen-bond donors (Lipinski definition) is 2. The van der Waals surface area contributed by atoms with Gasteiger partial charge in [0.25, 0.3) is 0 Å². The van der Waals surface area contributed by atoms with Gasteiger partial charge < -0.3 is 11.1 Å². The molecule has 0 aromatic heterocycles. The Bertz CT molecular complexity index is 444. The van der Waals surface area contributed by atoms with Crippen LogP contribution in [0.15, 0.2) is 53.8 Å². The number of nitrogens with one attached hydrogen (secondary N) is 1. The Morgan fingerprint density at radius 1 is 1.40 bits per heavy atom. The highest BCUT2D eigenvalue weighted by molar-refractivity contribution is 6.03. The molecular weight excluding hydrogens is 186 g/mol. The smallest absolute Gasteiger partial charge is 0.132 e. The van der Waals surface area contributed by atoms with E-state index in [2.05, 4.69) is 16.9 Å². The number of hydrogen-bond acceptors (Lipinski definition) is 3. The van der Waals surface area contributed by atoms with Crippen molar-refractivity contribution in [2.75, 3.05) is 5.32 Å². The van der Waals surface area contributed by atoms with Crippen LogP contribution in [0.4, 0.5) is 5.69 Å². The maximum atomic E-state index is 5.84. The highest BCUT2D eigenvalue weighted by Gasteiger charge is 2.09. The Balaban J connectivity index is 2.42. The summed E-state index contributed by atoms with van der Waals surface area (Å²) in [6, 6.07) is 7.85. The minimum absolute atomic E-state index is 0.539. The van der Waals surface area contributed by atoms with Crippen molar-refractivity contribution in [1.82, 2.24) is 0 Å². The number of aliphatic imine (C=N–C) groups is 1. The van der Waals surface area contributed by atoms with Crippen molar-refractivity contribution in [3.8, 4) is 0 Å². The number of para-hydroxylation sites is 1. The van der Waals surface area contributed by atoms with E-state index in [-0.39, 0.29) is 0 Å². The van der Waals surface area contributed by atoms with E-state index in [9.17, 15) is 0 Å². The molecule has 1 aromatic carbocycles. The van der Waals surface area contributed by atoms with Crippen LogP contribution >= 0.6 is 0 Å². The molecule has 1 aliphatic rings. The quantitative estimate of drug-likeness (QED) is 0.717. The molecular formula is C12H13N3. The van der Waals surface area contributed by atoms with E-state index in [1.807, 2.05) is 30.3 Å². The molecule has 0 fully saturated rings. The Labute approximate surface area is 89.0 Å². The molecule has 0 atom stereocenters. The molecule has 0 amide bonds. The highest BCUT2D eigenvalue weighted by atomic mass is 15.0. The van der Waals surface area contributed by atoms with Crippen LogP contribution in [0.5, 0.6) is 0 Å². The molecule has 0 saturated heterocycles. The summed E-state index contributed by atoms with van der Waals surface area (Å²) in [5.41, 5.74) is 8.77. The van der Waals surface area contributed by atoms with E-state index in [1.165, 1.54) is 0 Å². The lowest BCUT2D eigenvalue weighted by Crippen LogP contribution is -2.13. The first-order chi connectivity index (χ1) is 7.31. The van der Waals surface area contributed by atoms with E-state index >= 15 is 0 Å². The van der Waals surface area contributed by atoms with E-state index in [0.29, 0.717) is 5.84 Å². The third-order valence-corrected chi connectivity index (χ3v) is 2.22. The van der Waals surface area contributed by atoms with Crippen molar-refractivity contribution in [2.24, 2.45) is 10.7 Å². The fraction of sp³-hybridized carbons (Fsp3) is 0.0833. The van der Waals surface area contributed by atoms with Gasteiger partial charge in [0.05, 0.1) is 0 Å². The van der Waals surface area contributed by atoms with Crippen molar-refractivity contribution in [1.29, 1.82) is 0 Å². The predicted molar refractivity (Wildman–Crippen MR) is 63.7 cm³/mol. The average Bonchev–Trinajstić information content (AvgIpc) is 2.40. The van der Waals surface area contributed by atoms with E-state index in [0.717, 1.165) is 23.4 Å². The molecule has 3 N–H and O–H groups in total. The van der Waals surface area contributed by atoms with Gasteiger partial charge >= 0.3 is 0 Å². The number of allylic oxidation sites excluding steroid dienone is 1. The molecule has 15 heavy (non-hydrogen) atoms. The highest BCUT2D eigenvalue weighted by Crippen LogP contribution is 2.20. The first-order valence-electron chi connectivity index (χ1n) is 4.81. The van der Waals surface area contributed by atoms with Crippen molar-refractivity contribution >= 4 is 11.5 Å². The summed E-state index contributed by atoms with van der Waals surface area (Å²) in [5, 5.41) is 3.29. The number of nitrogens with two attached hydrogens (primary N) is 1. The van der Waals surface area contributed by atoms with Gasteiger partial charge in [-0.3, -0.25) is 0 Å². The topological polar surface area (TPSA) is 50.4 Å². The normalized spacial score (nSPS) is 14.1. The molecule has 3 nitrogen and oxygen atoms in total. The Kier molecular flexibility index (Phi) is 2.54. The third-order valence-electron chi connectivity index (χ3n) is 2.22. The molecule has 1 aliphatic heterocycles. The lowest BCUT2D eigenvalue weighted by molar-refractivity contribution is 1.20. The summed E-state index contributed by atoms with van der Waals surface area (Å²) in [7, 11) is 0. The van der Waals surface area contributed by atoms with Gasteiger partial charge in [0.1, 0.15) is 5.84 Å². The summed E-state index contributed by atoms with van der Waals surface area (Å²) in [6.07, 6.45) is 4.33. The summed E-state index contributed by atoms with van der Waals surface area (Å²) in [5.74, 6) is 0.539. The van der Waals surface area contributed by atoms with Crippen LogP contribution in [0.1, 0.15) is 12.0 Å². The van der Waals surface area contributed by atoms with Crippen LogP contribution in [-0.4, -0.2) is 5.84 Å². The zero-order chi connectivity index (χ0) is 10.7. The molecule has 3 heteroatoms. The van der Waals surface area contributed by atoms with Gasteiger partial charge in [-0.15, -0.1) is 6.58 Å². The summed E-state index contributed by atoms with van der Waals surface area (Å²) in [4.78, 5) is 4.19. The minimum Gasteiger partial charge on any atom is -0.383 e. The zero-order valence-corrected chi connectivity index (χ0v) is 8.40. The summed E-state index contributed by atoms with van der Waals surface area (Å²) in [6.45, 7) is 3.70. The third kappa shape index (κ3) is 1.91. The minimum atomic E-state index is 0.539. The predicted octanol–water partition coefficient (Wildman–Crippen LogP) is 2.23. The molecule has 0 radical (unpaired) electrons. The van der Waals surface area contributed by atoms with Gasteiger partial charge in [0, 0.05) is 29.6 Å². The fourth-order valence-corrected chi connectivity index (χ4v) is 1.50. The van der Waals surface area contributed by atoms with Crippen molar-refractivity contribution in [2.45, 2.75) is 6.42 Å². The SMILES string of the molecule is C=CCC1=CN=C(N)c2ccccc2N1. The van der Waals surface area contributed by atoms with Gasteiger partial charge in [-0.1, -0.05) is 18.2 Å². The molecule has 0 spiro atoms. The van der Waals surface area contributed by atoms with Crippen LogP contribution in [0.3, 0.4) is 0 Å². The van der Waals surface area contributed by atoms with E-state index in [1.54, 1.807) is 6.20 Å². The average molecular weight is 199 g/mol. The largest absolute Gasteiger partial charge is 0.383 e. The lowest BCUT2D eigenvalue weighted by Gasteiger charge is -2.09. The molecule has 0 bridgehead atoms. The van der Waals surface area contributed by atoms with Crippen LogP contribution in [0, 0.1) is 0 Å². The summed E-state index contributed by atoms with van der Waals surface area (Å²) < 4.78 is 0. The maximum Gasteiger partial charge on any atom is 0.132 e. The second-order valence-electron chi connectivity index (χ2n) is 3.33. The van der Waals surface area contributed by atoms with Crippen molar-refractivity contribution in [3.63, 3.8) is 0 Å². The number of amidine groups is 1. The summed E-state index contributed by atoms with van der Waals surface area (Å²) >= 11 is 0. The molecule has 0 unspecified atom stereocenters. The van der Waals surface area contributed by atoms with Crippen LogP contribution in [0.2, 0.25) is 0 Å². The van der Waals surface area contributed by atoms with E-state index < -0.39 is 0 Å². The Morgan fingerprint density at radius 3 is 3.00 bits per heavy atom. The number of anilines is 1. The number of rotatable bonds is 2. The van der Waals surface area contributed by atoms with Gasteiger partial charge in [0.15, 0.2) is 0 Å². The first-order valence-corrected chi connectivity index (χ1v) is 4.81. The molecule has 2 rings (SSSR count). The molecule has 0 aliphatic carbocycles. The zero-order valence-electron chi connectivity index (χ0n) is 8.40. The van der Waals surface area contributed by atoms with Crippen LogP contribution < -0.4 is 11.1 Å². The van der Waals surface area contributed by atoms with Gasteiger partial charge in [0.2, 0.25) is 0 Å². The monoisotopic (exact) mass is 199 g/mol. The molecule has 1 aromatic rings. The van der Waals surface area contributed by atoms with Gasteiger partial charge in [-0.05, 0) is 12.1 Å². The number of nitrogens with zero attached hydrogens (tertiary/aromatic N) is 1. The first kappa shape index (κ1) is 9.52. The maximum absolute atomic E-state index is 5.84. The molecule has 76 valence electrons. The van der Waals surface area contributed by atoms with Gasteiger partial charge in [-0.2, -0.15) is 0 Å². The van der Waals surface area contributed by atoms with E-state index in [4.69, 9.17) is 5.73 Å². The lowest BCUT2D eigenvalue weighted by atomic mass is 10.1. The van der Waals surface area contributed by atoms with Crippen LogP contribution in [0.25, 0.3) is 0 Å². The molecule has 0 saturated carbocycles. The van der Waals surface area contributed by atoms with Crippen LogP contribution in [-0.2, 0) is 0 Å². The van der Waals surface area contributed by atoms with Crippen molar-refractivity contribution in [3.05, 3.63) is 54.4 Å². The fourth-order valence-electron chi connectivity index (χ4n) is 1.50. The van der Waals surface area contributed by atoms with Crippen molar-refractivity contribution < 1.29 is 0 Å². The number of fused-ring (bicyclic) bond motifs is 1. The Morgan fingerprint density at radius 2 is 2.20 bits per heavy atom. The Hall–Kier alpha value is -2.03. The number of benzene rings is 1. The van der Waals surface area contributed by atoms with Gasteiger partial charge in [-0.25, -0.2) is 4.99 Å². The standard InChI is InChI=1S/C12H13N3/c1-2-5-9-8-14-12(13)10-6-3-4-7-11(10)15-9/h2-4,6-8,15H,1,5H2,(H2,13,14). The molecule has 1 heterocycles.